The van der Waals surface area contributed by atoms with Crippen LogP contribution in [-0.2, 0) is 11.0 Å². The normalized spacial score (nSPS) is 19.5. The molecule has 0 spiro atoms. The molecule has 0 saturated carbocycles. The van der Waals surface area contributed by atoms with Crippen molar-refractivity contribution in [3.05, 3.63) is 70.2 Å². The van der Waals surface area contributed by atoms with Crippen LogP contribution < -0.4 is 0 Å². The highest BCUT2D eigenvalue weighted by Crippen LogP contribution is 2.41. The maximum absolute atomic E-state index is 13.6. The van der Waals surface area contributed by atoms with Crippen molar-refractivity contribution in [1.82, 2.24) is 4.90 Å². The summed E-state index contributed by atoms with van der Waals surface area (Å²) in [5, 5.41) is 9.91. The Bertz CT molecular complexity index is 809. The van der Waals surface area contributed by atoms with E-state index in [9.17, 15) is 23.1 Å². The average molecular weight is 384 g/mol. The van der Waals surface area contributed by atoms with E-state index in [0.29, 0.717) is 30.0 Å². The van der Waals surface area contributed by atoms with Crippen LogP contribution in [0.3, 0.4) is 0 Å². The van der Waals surface area contributed by atoms with Crippen molar-refractivity contribution in [2.75, 3.05) is 6.54 Å². The quantitative estimate of drug-likeness (QED) is 0.808. The lowest BCUT2D eigenvalue weighted by atomic mass is 9.92. The standard InChI is InChI=1S/C19H17ClF3NO2/c20-13-6-3-5-12(11-13)17(24-10-4-9-16(24)18(25)26)14-7-1-2-8-15(14)19(21,22)23/h1-3,5-8,11,16-17H,4,9-10H2,(H,25,26). The number of aliphatic carboxylic acids is 1. The van der Waals surface area contributed by atoms with Gasteiger partial charge in [0.25, 0.3) is 0 Å². The Labute approximate surface area is 154 Å². The molecule has 2 atom stereocenters. The molecule has 2 aromatic carbocycles. The summed E-state index contributed by atoms with van der Waals surface area (Å²) in [7, 11) is 0. The molecule has 0 bridgehead atoms. The van der Waals surface area contributed by atoms with Gasteiger partial charge in [0.05, 0.1) is 11.6 Å². The predicted molar refractivity (Wildman–Crippen MR) is 92.1 cm³/mol. The second-order valence-corrected chi connectivity index (χ2v) is 6.71. The lowest BCUT2D eigenvalue weighted by Crippen LogP contribution is -2.39. The summed E-state index contributed by atoms with van der Waals surface area (Å²) in [5.74, 6) is -1.03. The zero-order valence-corrected chi connectivity index (χ0v) is 14.5. The van der Waals surface area contributed by atoms with E-state index < -0.39 is 29.8 Å². The largest absolute Gasteiger partial charge is 0.480 e. The Morgan fingerprint density at radius 3 is 2.58 bits per heavy atom. The van der Waals surface area contributed by atoms with E-state index in [-0.39, 0.29) is 5.56 Å². The van der Waals surface area contributed by atoms with Crippen molar-refractivity contribution in [2.24, 2.45) is 0 Å². The lowest BCUT2D eigenvalue weighted by molar-refractivity contribution is -0.143. The minimum atomic E-state index is -4.54. The second kappa shape index (κ2) is 7.29. The number of carboxylic acids is 1. The number of rotatable bonds is 4. The summed E-state index contributed by atoms with van der Waals surface area (Å²) in [4.78, 5) is 13.3. The second-order valence-electron chi connectivity index (χ2n) is 6.28. The van der Waals surface area contributed by atoms with Gasteiger partial charge >= 0.3 is 12.1 Å². The molecule has 138 valence electrons. The summed E-state index contributed by atoms with van der Waals surface area (Å²) >= 11 is 6.05. The molecule has 2 aromatic rings. The van der Waals surface area contributed by atoms with E-state index in [1.165, 1.54) is 18.2 Å². The van der Waals surface area contributed by atoms with Crippen LogP contribution in [0.2, 0.25) is 5.02 Å². The molecule has 3 rings (SSSR count). The predicted octanol–water partition coefficient (Wildman–Crippen LogP) is 5.00. The van der Waals surface area contributed by atoms with Crippen molar-refractivity contribution in [3.8, 4) is 0 Å². The fraction of sp³-hybridized carbons (Fsp3) is 0.316. The SMILES string of the molecule is O=C(O)C1CCCN1C(c1cccc(Cl)c1)c1ccccc1C(F)(F)F. The molecule has 1 saturated heterocycles. The molecule has 7 heteroatoms. The van der Waals surface area contributed by atoms with Crippen LogP contribution in [0.15, 0.2) is 48.5 Å². The number of carbonyl (C=O) groups is 1. The zero-order valence-electron chi connectivity index (χ0n) is 13.7. The smallest absolute Gasteiger partial charge is 0.416 e. The topological polar surface area (TPSA) is 40.5 Å². The van der Waals surface area contributed by atoms with Crippen LogP contribution in [0, 0.1) is 0 Å². The van der Waals surface area contributed by atoms with Gasteiger partial charge in [-0.1, -0.05) is 41.9 Å². The lowest BCUT2D eigenvalue weighted by Gasteiger charge is -2.33. The maximum Gasteiger partial charge on any atom is 0.416 e. The Morgan fingerprint density at radius 2 is 1.92 bits per heavy atom. The molecule has 1 N–H and O–H groups in total. The van der Waals surface area contributed by atoms with Gasteiger partial charge in [-0.15, -0.1) is 0 Å². The number of hydrogen-bond acceptors (Lipinski definition) is 2. The number of carboxylic acid groups (broad SMARTS) is 1. The van der Waals surface area contributed by atoms with Crippen LogP contribution in [-0.4, -0.2) is 28.6 Å². The van der Waals surface area contributed by atoms with Gasteiger partial charge in [0.1, 0.15) is 6.04 Å². The van der Waals surface area contributed by atoms with Crippen molar-refractivity contribution in [1.29, 1.82) is 0 Å². The van der Waals surface area contributed by atoms with Crippen LogP contribution in [0.4, 0.5) is 13.2 Å². The third-order valence-electron chi connectivity index (χ3n) is 4.64. The fourth-order valence-corrected chi connectivity index (χ4v) is 3.78. The van der Waals surface area contributed by atoms with Crippen LogP contribution in [0.1, 0.15) is 35.6 Å². The van der Waals surface area contributed by atoms with Gasteiger partial charge in [-0.25, -0.2) is 0 Å². The van der Waals surface area contributed by atoms with Crippen molar-refractivity contribution in [3.63, 3.8) is 0 Å². The number of likely N-dealkylation sites (tertiary alicyclic amines) is 1. The highest BCUT2D eigenvalue weighted by atomic mass is 35.5. The Morgan fingerprint density at radius 1 is 1.19 bits per heavy atom. The zero-order chi connectivity index (χ0) is 18.9. The van der Waals surface area contributed by atoms with Crippen LogP contribution in [0.5, 0.6) is 0 Å². The number of benzene rings is 2. The summed E-state index contributed by atoms with van der Waals surface area (Å²) in [6, 6.07) is 10.2. The molecule has 0 amide bonds. The molecule has 0 aliphatic carbocycles. The van der Waals surface area contributed by atoms with Gasteiger partial charge in [-0.2, -0.15) is 13.2 Å². The number of halogens is 4. The average Bonchev–Trinajstić information content (AvgIpc) is 3.04. The van der Waals surface area contributed by atoms with Gasteiger partial charge in [0.15, 0.2) is 0 Å². The summed E-state index contributed by atoms with van der Waals surface area (Å²) in [6.45, 7) is 0.403. The minimum Gasteiger partial charge on any atom is -0.480 e. The molecule has 1 aliphatic heterocycles. The van der Waals surface area contributed by atoms with Crippen molar-refractivity contribution >= 4 is 17.6 Å². The van der Waals surface area contributed by atoms with Gasteiger partial charge in [-0.3, -0.25) is 9.69 Å². The summed E-state index contributed by atoms with van der Waals surface area (Å²) < 4.78 is 40.8. The van der Waals surface area contributed by atoms with Gasteiger partial charge in [0.2, 0.25) is 0 Å². The Kier molecular flexibility index (Phi) is 5.25. The molecule has 26 heavy (non-hydrogen) atoms. The van der Waals surface area contributed by atoms with E-state index in [2.05, 4.69) is 0 Å². The number of hydrogen-bond donors (Lipinski definition) is 1. The molecule has 0 aromatic heterocycles. The van der Waals surface area contributed by atoms with Gasteiger partial charge in [-0.05, 0) is 42.2 Å². The van der Waals surface area contributed by atoms with Crippen molar-refractivity contribution < 1.29 is 23.1 Å². The molecule has 1 heterocycles. The Balaban J connectivity index is 2.18. The fourth-order valence-electron chi connectivity index (χ4n) is 3.58. The first kappa shape index (κ1) is 18.7. The first-order valence-corrected chi connectivity index (χ1v) is 8.57. The van der Waals surface area contributed by atoms with E-state index >= 15 is 0 Å². The summed E-state index contributed by atoms with van der Waals surface area (Å²) in [5.41, 5.74) is -0.182. The minimum absolute atomic E-state index is 0.0374. The van der Waals surface area contributed by atoms with E-state index in [0.717, 1.165) is 6.07 Å². The molecule has 1 aliphatic rings. The molecular formula is C19H17ClF3NO2. The number of nitrogens with zero attached hydrogens (tertiary/aromatic N) is 1. The molecule has 3 nitrogen and oxygen atoms in total. The van der Waals surface area contributed by atoms with E-state index in [1.807, 2.05) is 0 Å². The van der Waals surface area contributed by atoms with Crippen molar-refractivity contribution in [2.45, 2.75) is 31.1 Å². The van der Waals surface area contributed by atoms with Gasteiger partial charge in [0, 0.05) is 11.6 Å². The third-order valence-corrected chi connectivity index (χ3v) is 4.87. The monoisotopic (exact) mass is 383 g/mol. The summed E-state index contributed by atoms with van der Waals surface area (Å²) in [6.07, 6.45) is -3.52. The molecule has 2 unspecified atom stereocenters. The van der Waals surface area contributed by atoms with E-state index in [4.69, 9.17) is 11.6 Å². The van der Waals surface area contributed by atoms with Crippen LogP contribution >= 0.6 is 11.6 Å². The number of alkyl halides is 3. The maximum atomic E-state index is 13.6. The first-order chi connectivity index (χ1) is 12.3. The first-order valence-electron chi connectivity index (χ1n) is 8.19. The van der Waals surface area contributed by atoms with Crippen LogP contribution in [0.25, 0.3) is 0 Å². The highest BCUT2D eigenvalue weighted by molar-refractivity contribution is 6.30. The van der Waals surface area contributed by atoms with Gasteiger partial charge < -0.3 is 5.11 Å². The molecular weight excluding hydrogens is 367 g/mol. The molecule has 1 fully saturated rings. The third kappa shape index (κ3) is 3.71. The highest BCUT2D eigenvalue weighted by Gasteiger charge is 2.41. The van der Waals surface area contributed by atoms with E-state index in [1.54, 1.807) is 29.2 Å². The molecule has 0 radical (unpaired) electrons. The Hall–Kier alpha value is -2.05.